The molecule has 2 rings (SSSR count). The molecule has 0 aliphatic rings. The van der Waals surface area contributed by atoms with Gasteiger partial charge in [-0.15, -0.1) is 22.9 Å². The van der Waals surface area contributed by atoms with E-state index >= 15 is 0 Å². The number of carbonyl (C=O) groups is 1. The lowest BCUT2D eigenvalue weighted by molar-refractivity contribution is -0.115. The van der Waals surface area contributed by atoms with Crippen molar-refractivity contribution in [2.75, 3.05) is 5.32 Å². The third-order valence-corrected chi connectivity index (χ3v) is 3.63. The van der Waals surface area contributed by atoms with Gasteiger partial charge in [0.25, 0.3) is 0 Å². The molecule has 0 spiro atoms. The van der Waals surface area contributed by atoms with Gasteiger partial charge in [-0.2, -0.15) is 5.10 Å². The van der Waals surface area contributed by atoms with Crippen LogP contribution in [0, 0.1) is 0 Å². The highest BCUT2D eigenvalue weighted by Crippen LogP contribution is 2.14. The van der Waals surface area contributed by atoms with E-state index in [1.54, 1.807) is 10.9 Å². The Labute approximate surface area is 120 Å². The Bertz CT molecular complexity index is 564. The summed E-state index contributed by atoms with van der Waals surface area (Å²) in [7, 11) is 0. The molecule has 0 unspecified atom stereocenters. The molecule has 102 valence electrons. The van der Waals surface area contributed by atoms with Crippen LogP contribution >= 0.6 is 22.9 Å². The predicted octanol–water partition coefficient (Wildman–Crippen LogP) is 2.84. The molecule has 2 heterocycles. The number of hydrogen-bond donors (Lipinski definition) is 1. The molecule has 5 nitrogen and oxygen atoms in total. The number of carbonyl (C=O) groups excluding carboxylic acids is 1. The lowest BCUT2D eigenvalue weighted by Crippen LogP contribution is -2.14. The Balaban J connectivity index is 1.93. The normalized spacial score (nSPS) is 10.9. The van der Waals surface area contributed by atoms with E-state index in [1.807, 2.05) is 25.4 Å². The van der Waals surface area contributed by atoms with Gasteiger partial charge in [0.2, 0.25) is 5.91 Å². The minimum Gasteiger partial charge on any atom is -0.323 e. The van der Waals surface area contributed by atoms with Crippen molar-refractivity contribution >= 4 is 34.5 Å². The van der Waals surface area contributed by atoms with E-state index in [1.165, 1.54) is 11.3 Å². The second kappa shape index (κ2) is 6.16. The Morgan fingerprint density at radius 3 is 2.95 bits per heavy atom. The van der Waals surface area contributed by atoms with Crippen LogP contribution in [0.3, 0.4) is 0 Å². The third-order valence-electron chi connectivity index (χ3n) is 2.46. The van der Waals surface area contributed by atoms with Crippen molar-refractivity contribution < 1.29 is 4.79 Å². The minimum absolute atomic E-state index is 0.0984. The topological polar surface area (TPSA) is 59.8 Å². The molecule has 0 fully saturated rings. The van der Waals surface area contributed by atoms with Crippen LogP contribution in [0.1, 0.15) is 30.6 Å². The fourth-order valence-corrected chi connectivity index (χ4v) is 2.54. The van der Waals surface area contributed by atoms with Gasteiger partial charge in [0.05, 0.1) is 29.9 Å². The van der Waals surface area contributed by atoms with E-state index in [2.05, 4.69) is 15.4 Å². The molecular weight excluding hydrogens is 284 g/mol. The number of amides is 1. The maximum absolute atomic E-state index is 11.8. The fourth-order valence-electron chi connectivity index (χ4n) is 1.52. The minimum atomic E-state index is -0.0984. The molecule has 0 aliphatic heterocycles. The average molecular weight is 299 g/mol. The summed E-state index contributed by atoms with van der Waals surface area (Å²) in [6.45, 7) is 4.06. The van der Waals surface area contributed by atoms with Gasteiger partial charge in [0.15, 0.2) is 0 Å². The first-order valence-corrected chi connectivity index (χ1v) is 7.33. The number of thiazole rings is 1. The highest BCUT2D eigenvalue weighted by molar-refractivity contribution is 7.09. The first kappa shape index (κ1) is 14.0. The number of alkyl halides is 1. The number of nitrogens with zero attached hydrogens (tertiary/aromatic N) is 3. The zero-order chi connectivity index (χ0) is 13.8. The molecule has 0 radical (unpaired) electrons. The highest BCUT2D eigenvalue weighted by atomic mass is 35.5. The van der Waals surface area contributed by atoms with Crippen LogP contribution in [-0.2, 0) is 17.1 Å². The first-order valence-electron chi connectivity index (χ1n) is 5.91. The SMILES string of the molecule is CC(C)n1cc(NC(=O)Cc2nc(CCl)cs2)cn1. The van der Waals surface area contributed by atoms with Crippen LogP contribution in [0.25, 0.3) is 0 Å². The lowest BCUT2D eigenvalue weighted by atomic mass is 10.4. The first-order chi connectivity index (χ1) is 9.08. The van der Waals surface area contributed by atoms with Gasteiger partial charge in [-0.05, 0) is 13.8 Å². The predicted molar refractivity (Wildman–Crippen MR) is 76.6 cm³/mol. The molecule has 1 N–H and O–H groups in total. The highest BCUT2D eigenvalue weighted by Gasteiger charge is 2.09. The number of halogens is 1. The van der Waals surface area contributed by atoms with Crippen LogP contribution in [0.2, 0.25) is 0 Å². The van der Waals surface area contributed by atoms with Crippen molar-refractivity contribution in [3.63, 3.8) is 0 Å². The quantitative estimate of drug-likeness (QED) is 0.864. The fraction of sp³-hybridized carbons (Fsp3) is 0.417. The van der Waals surface area contributed by atoms with Gasteiger partial charge >= 0.3 is 0 Å². The van der Waals surface area contributed by atoms with E-state index in [4.69, 9.17) is 11.6 Å². The Morgan fingerprint density at radius 1 is 1.58 bits per heavy atom. The van der Waals surface area contributed by atoms with Crippen LogP contribution in [0.15, 0.2) is 17.8 Å². The van der Waals surface area contributed by atoms with Crippen LogP contribution in [0.4, 0.5) is 5.69 Å². The zero-order valence-corrected chi connectivity index (χ0v) is 12.3. The molecule has 1 amide bonds. The average Bonchev–Trinajstić information content (AvgIpc) is 2.98. The second-order valence-corrected chi connectivity index (χ2v) is 5.60. The monoisotopic (exact) mass is 298 g/mol. The van der Waals surface area contributed by atoms with Crippen LogP contribution in [0.5, 0.6) is 0 Å². The molecule has 19 heavy (non-hydrogen) atoms. The van der Waals surface area contributed by atoms with E-state index in [-0.39, 0.29) is 18.4 Å². The third kappa shape index (κ3) is 3.78. The standard InChI is InChI=1S/C12H15ClN4OS/c1-8(2)17-6-10(5-14-17)15-11(18)3-12-16-9(4-13)7-19-12/h5-8H,3-4H2,1-2H3,(H,15,18). The maximum Gasteiger partial charge on any atom is 0.231 e. The van der Waals surface area contributed by atoms with Crippen molar-refractivity contribution in [2.45, 2.75) is 32.2 Å². The molecule has 0 saturated carbocycles. The van der Waals surface area contributed by atoms with Gasteiger partial charge in [0, 0.05) is 17.6 Å². The number of aromatic nitrogens is 3. The molecular formula is C12H15ClN4OS. The number of rotatable bonds is 5. The smallest absolute Gasteiger partial charge is 0.231 e. The summed E-state index contributed by atoms with van der Waals surface area (Å²) in [5.74, 6) is 0.276. The van der Waals surface area contributed by atoms with Crippen molar-refractivity contribution in [3.8, 4) is 0 Å². The molecule has 0 saturated heterocycles. The van der Waals surface area contributed by atoms with Gasteiger partial charge in [-0.1, -0.05) is 0 Å². The molecule has 0 aromatic carbocycles. The number of nitrogens with one attached hydrogen (secondary N) is 1. The Morgan fingerprint density at radius 2 is 2.37 bits per heavy atom. The van der Waals surface area contributed by atoms with Crippen molar-refractivity contribution in [2.24, 2.45) is 0 Å². The molecule has 2 aromatic rings. The maximum atomic E-state index is 11.8. The molecule has 7 heteroatoms. The summed E-state index contributed by atoms with van der Waals surface area (Å²) in [5.41, 5.74) is 1.51. The largest absolute Gasteiger partial charge is 0.323 e. The lowest BCUT2D eigenvalue weighted by Gasteiger charge is -2.03. The summed E-state index contributed by atoms with van der Waals surface area (Å²) in [6, 6.07) is 0.274. The van der Waals surface area contributed by atoms with Gasteiger partial charge < -0.3 is 5.32 Å². The molecule has 0 atom stereocenters. The Hall–Kier alpha value is -1.40. The molecule has 2 aromatic heterocycles. The van der Waals surface area contributed by atoms with E-state index in [0.717, 1.165) is 10.7 Å². The summed E-state index contributed by atoms with van der Waals surface area (Å²) in [5, 5.41) is 9.60. The summed E-state index contributed by atoms with van der Waals surface area (Å²) in [4.78, 5) is 16.1. The molecule has 0 aliphatic carbocycles. The number of hydrogen-bond acceptors (Lipinski definition) is 4. The summed E-state index contributed by atoms with van der Waals surface area (Å²) in [6.07, 6.45) is 3.72. The Kier molecular flexibility index (Phi) is 4.55. The number of anilines is 1. The summed E-state index contributed by atoms with van der Waals surface area (Å²) < 4.78 is 1.80. The zero-order valence-electron chi connectivity index (χ0n) is 10.8. The van der Waals surface area contributed by atoms with Gasteiger partial charge in [-0.25, -0.2) is 4.98 Å². The van der Waals surface area contributed by atoms with Crippen molar-refractivity contribution in [1.29, 1.82) is 0 Å². The van der Waals surface area contributed by atoms with Crippen LogP contribution < -0.4 is 5.32 Å². The second-order valence-electron chi connectivity index (χ2n) is 4.39. The molecule has 0 bridgehead atoms. The van der Waals surface area contributed by atoms with E-state index in [9.17, 15) is 4.79 Å². The van der Waals surface area contributed by atoms with Gasteiger partial charge in [-0.3, -0.25) is 9.48 Å². The van der Waals surface area contributed by atoms with Gasteiger partial charge in [0.1, 0.15) is 5.01 Å². The summed E-state index contributed by atoms with van der Waals surface area (Å²) >= 11 is 7.12. The van der Waals surface area contributed by atoms with E-state index < -0.39 is 0 Å². The van der Waals surface area contributed by atoms with Crippen molar-refractivity contribution in [3.05, 3.63) is 28.5 Å². The van der Waals surface area contributed by atoms with Crippen molar-refractivity contribution in [1.82, 2.24) is 14.8 Å². The van der Waals surface area contributed by atoms with E-state index in [0.29, 0.717) is 11.6 Å². The van der Waals surface area contributed by atoms with Crippen LogP contribution in [-0.4, -0.2) is 20.7 Å².